The summed E-state index contributed by atoms with van der Waals surface area (Å²) in [6.45, 7) is 2.24. The number of aliphatic hydroxyl groups is 1. The highest BCUT2D eigenvalue weighted by molar-refractivity contribution is 9.10. The number of halogens is 1. The van der Waals surface area contributed by atoms with Crippen LogP contribution in [0.3, 0.4) is 0 Å². The highest BCUT2D eigenvalue weighted by Gasteiger charge is 2.32. The van der Waals surface area contributed by atoms with Crippen molar-refractivity contribution in [1.82, 2.24) is 4.98 Å². The van der Waals surface area contributed by atoms with Gasteiger partial charge in [-0.1, -0.05) is 19.8 Å². The van der Waals surface area contributed by atoms with E-state index in [0.717, 1.165) is 35.2 Å². The van der Waals surface area contributed by atoms with Gasteiger partial charge < -0.3 is 5.11 Å². The topological polar surface area (TPSA) is 33.1 Å². The third-order valence-electron chi connectivity index (χ3n) is 4.03. The van der Waals surface area contributed by atoms with Gasteiger partial charge in [0.25, 0.3) is 0 Å². The molecule has 1 aliphatic carbocycles. The zero-order valence-corrected chi connectivity index (χ0v) is 12.6. The summed E-state index contributed by atoms with van der Waals surface area (Å²) < 4.78 is 0.989. The normalized spacial score (nSPS) is 28.3. The molecule has 1 aromatic heterocycles. The number of hydrogen-bond donors (Lipinski definition) is 1. The Kier molecular flexibility index (Phi) is 4.79. The molecule has 1 fully saturated rings. The number of pyridine rings is 1. The second kappa shape index (κ2) is 6.16. The Labute approximate surface area is 118 Å². The van der Waals surface area contributed by atoms with Gasteiger partial charge in [-0.3, -0.25) is 4.98 Å². The van der Waals surface area contributed by atoms with Gasteiger partial charge in [0, 0.05) is 23.3 Å². The van der Waals surface area contributed by atoms with Gasteiger partial charge in [-0.15, -0.1) is 0 Å². The maximum absolute atomic E-state index is 10.7. The van der Waals surface area contributed by atoms with E-state index >= 15 is 0 Å². The first-order valence-corrected chi connectivity index (χ1v) is 7.72. The second-order valence-electron chi connectivity index (χ2n) is 5.64. The summed E-state index contributed by atoms with van der Waals surface area (Å²) >= 11 is 3.43. The van der Waals surface area contributed by atoms with Crippen LogP contribution in [-0.2, 0) is 6.42 Å². The van der Waals surface area contributed by atoms with E-state index in [2.05, 4.69) is 33.9 Å². The molecule has 1 heterocycles. The molecule has 18 heavy (non-hydrogen) atoms. The Balaban J connectivity index is 1.93. The fourth-order valence-corrected chi connectivity index (χ4v) is 3.43. The Morgan fingerprint density at radius 3 is 2.72 bits per heavy atom. The van der Waals surface area contributed by atoms with Crippen LogP contribution in [0.4, 0.5) is 0 Å². The van der Waals surface area contributed by atoms with Gasteiger partial charge in [-0.2, -0.15) is 0 Å². The fraction of sp³-hybridized carbons (Fsp3) is 0.667. The number of rotatable bonds is 4. The SMILES string of the molecule is CCCC1CCC(O)(Cc2cncc(Br)c2)CC1. The van der Waals surface area contributed by atoms with Crippen LogP contribution in [0.2, 0.25) is 0 Å². The van der Waals surface area contributed by atoms with Crippen LogP contribution >= 0.6 is 15.9 Å². The lowest BCUT2D eigenvalue weighted by Crippen LogP contribution is -2.36. The molecule has 1 aromatic rings. The third-order valence-corrected chi connectivity index (χ3v) is 4.46. The lowest BCUT2D eigenvalue weighted by atomic mass is 9.75. The lowest BCUT2D eigenvalue weighted by Gasteiger charge is -2.36. The second-order valence-corrected chi connectivity index (χ2v) is 6.56. The minimum absolute atomic E-state index is 0.507. The molecule has 100 valence electrons. The molecule has 0 atom stereocenters. The molecule has 2 nitrogen and oxygen atoms in total. The van der Waals surface area contributed by atoms with Crippen LogP contribution in [0.1, 0.15) is 51.0 Å². The Morgan fingerprint density at radius 2 is 2.11 bits per heavy atom. The molecule has 0 aromatic carbocycles. The largest absolute Gasteiger partial charge is 0.390 e. The first-order chi connectivity index (χ1) is 8.61. The maximum Gasteiger partial charge on any atom is 0.0688 e. The Morgan fingerprint density at radius 1 is 1.39 bits per heavy atom. The summed E-state index contributed by atoms with van der Waals surface area (Å²) in [6, 6.07) is 2.06. The molecule has 0 aliphatic heterocycles. The average Bonchev–Trinajstić information content (AvgIpc) is 2.32. The average molecular weight is 312 g/mol. The van der Waals surface area contributed by atoms with Crippen molar-refractivity contribution >= 4 is 15.9 Å². The van der Waals surface area contributed by atoms with Crippen LogP contribution < -0.4 is 0 Å². The highest BCUT2D eigenvalue weighted by atomic mass is 79.9. The van der Waals surface area contributed by atoms with E-state index in [1.165, 1.54) is 25.7 Å². The van der Waals surface area contributed by atoms with Gasteiger partial charge >= 0.3 is 0 Å². The van der Waals surface area contributed by atoms with E-state index in [1.54, 1.807) is 6.20 Å². The van der Waals surface area contributed by atoms with Crippen LogP contribution in [-0.4, -0.2) is 15.7 Å². The van der Waals surface area contributed by atoms with Crippen molar-refractivity contribution in [2.75, 3.05) is 0 Å². The van der Waals surface area contributed by atoms with Crippen LogP contribution in [0, 0.1) is 5.92 Å². The molecule has 1 saturated carbocycles. The quantitative estimate of drug-likeness (QED) is 0.907. The lowest BCUT2D eigenvalue weighted by molar-refractivity contribution is -0.00994. The molecule has 0 radical (unpaired) electrons. The van der Waals surface area contributed by atoms with Crippen molar-refractivity contribution in [3.05, 3.63) is 28.5 Å². The molecule has 3 heteroatoms. The van der Waals surface area contributed by atoms with E-state index in [1.807, 2.05) is 6.20 Å². The molecule has 0 unspecified atom stereocenters. The summed E-state index contributed by atoms with van der Waals surface area (Å²) in [5.41, 5.74) is 0.619. The Bertz CT molecular complexity index is 386. The van der Waals surface area contributed by atoms with E-state index in [4.69, 9.17) is 0 Å². The predicted molar refractivity (Wildman–Crippen MR) is 77.5 cm³/mol. The number of hydrogen-bond acceptors (Lipinski definition) is 2. The van der Waals surface area contributed by atoms with Crippen molar-refractivity contribution < 1.29 is 5.11 Å². The summed E-state index contributed by atoms with van der Waals surface area (Å²) in [6.07, 6.45) is 11.2. The Hall–Kier alpha value is -0.410. The molecule has 1 aliphatic rings. The van der Waals surface area contributed by atoms with Crippen molar-refractivity contribution in [2.45, 2.75) is 57.5 Å². The van der Waals surface area contributed by atoms with Crippen molar-refractivity contribution in [1.29, 1.82) is 0 Å². The molecular formula is C15H22BrNO. The standard InChI is InChI=1S/C15H22BrNO/c1-2-3-12-4-6-15(18,7-5-12)9-13-8-14(16)11-17-10-13/h8,10-12,18H,2-7,9H2,1H3. The monoisotopic (exact) mass is 311 g/mol. The first kappa shape index (κ1) is 14.0. The highest BCUT2D eigenvalue weighted by Crippen LogP contribution is 2.36. The predicted octanol–water partition coefficient (Wildman–Crippen LogP) is 4.11. The zero-order chi connectivity index (χ0) is 13.0. The molecule has 0 saturated heterocycles. The minimum Gasteiger partial charge on any atom is -0.390 e. The summed E-state index contributed by atoms with van der Waals surface area (Å²) in [5.74, 6) is 0.830. The summed E-state index contributed by atoms with van der Waals surface area (Å²) in [4.78, 5) is 4.17. The molecular weight excluding hydrogens is 290 g/mol. The van der Waals surface area contributed by atoms with Crippen LogP contribution in [0.15, 0.2) is 22.9 Å². The van der Waals surface area contributed by atoms with Gasteiger partial charge in [-0.25, -0.2) is 0 Å². The first-order valence-electron chi connectivity index (χ1n) is 6.93. The fourth-order valence-electron chi connectivity index (χ4n) is 3.02. The molecule has 0 spiro atoms. The summed E-state index contributed by atoms with van der Waals surface area (Å²) in [5, 5.41) is 10.7. The van der Waals surface area contributed by atoms with Gasteiger partial charge in [0.1, 0.15) is 0 Å². The van der Waals surface area contributed by atoms with E-state index < -0.39 is 5.60 Å². The summed E-state index contributed by atoms with van der Waals surface area (Å²) in [7, 11) is 0. The van der Waals surface area contributed by atoms with Crippen molar-refractivity contribution in [3.63, 3.8) is 0 Å². The zero-order valence-electron chi connectivity index (χ0n) is 11.0. The van der Waals surface area contributed by atoms with Gasteiger partial charge in [0.15, 0.2) is 0 Å². The molecule has 2 rings (SSSR count). The molecule has 0 amide bonds. The number of aromatic nitrogens is 1. The van der Waals surface area contributed by atoms with Crippen molar-refractivity contribution in [3.8, 4) is 0 Å². The maximum atomic E-state index is 10.7. The van der Waals surface area contributed by atoms with E-state index in [9.17, 15) is 5.11 Å². The van der Waals surface area contributed by atoms with E-state index in [-0.39, 0.29) is 0 Å². The van der Waals surface area contributed by atoms with Crippen molar-refractivity contribution in [2.24, 2.45) is 5.92 Å². The molecule has 0 bridgehead atoms. The smallest absolute Gasteiger partial charge is 0.0688 e. The number of nitrogens with zero attached hydrogens (tertiary/aromatic N) is 1. The van der Waals surface area contributed by atoms with Gasteiger partial charge in [0.05, 0.1) is 5.60 Å². The van der Waals surface area contributed by atoms with Crippen LogP contribution in [0.25, 0.3) is 0 Å². The van der Waals surface area contributed by atoms with E-state index in [0.29, 0.717) is 0 Å². The van der Waals surface area contributed by atoms with Crippen LogP contribution in [0.5, 0.6) is 0 Å². The third kappa shape index (κ3) is 3.79. The van der Waals surface area contributed by atoms with Gasteiger partial charge in [-0.05, 0) is 59.2 Å². The van der Waals surface area contributed by atoms with Gasteiger partial charge in [0.2, 0.25) is 0 Å². The minimum atomic E-state index is -0.507. The molecule has 1 N–H and O–H groups in total.